The van der Waals surface area contributed by atoms with Crippen molar-refractivity contribution in [2.45, 2.75) is 19.6 Å². The van der Waals surface area contributed by atoms with E-state index >= 15 is 0 Å². The molecule has 8 aromatic carbocycles. The van der Waals surface area contributed by atoms with E-state index in [1.54, 1.807) is 0 Å². The summed E-state index contributed by atoms with van der Waals surface area (Å²) >= 11 is 0. The lowest BCUT2D eigenvalue weighted by Crippen LogP contribution is -2.12. The summed E-state index contributed by atoms with van der Waals surface area (Å²) in [7, 11) is -2.52. The first-order valence-corrected chi connectivity index (χ1v) is 23.4. The van der Waals surface area contributed by atoms with E-state index in [1.165, 1.54) is 85.9 Å². The predicted molar refractivity (Wildman–Crippen MR) is 234 cm³/mol. The molecule has 11 rings (SSSR count). The maximum atomic E-state index is 6.64. The average molecular weight is 734 g/mol. The zero-order valence-electron chi connectivity index (χ0n) is 30.8. The third-order valence-corrected chi connectivity index (χ3v) is 17.6. The van der Waals surface area contributed by atoms with Gasteiger partial charge in [-0.25, -0.2) is 0 Å². The fourth-order valence-electron chi connectivity index (χ4n) is 9.18. The molecule has 0 aliphatic carbocycles. The van der Waals surface area contributed by atoms with Gasteiger partial charge in [-0.3, -0.25) is 0 Å². The molecule has 1 aromatic heterocycles. The number of para-hydroxylation sites is 1. The summed E-state index contributed by atoms with van der Waals surface area (Å²) in [6.07, 6.45) is 9.79. The highest BCUT2D eigenvalue weighted by molar-refractivity contribution is 8.33. The third-order valence-electron chi connectivity index (χ3n) is 11.8. The van der Waals surface area contributed by atoms with Crippen molar-refractivity contribution in [1.29, 1.82) is 0 Å². The summed E-state index contributed by atoms with van der Waals surface area (Å²) in [4.78, 5) is 8.22. The first kappa shape index (κ1) is 31.8. The highest BCUT2D eigenvalue weighted by Gasteiger charge is 2.37. The van der Waals surface area contributed by atoms with Crippen molar-refractivity contribution in [3.63, 3.8) is 0 Å². The maximum absolute atomic E-state index is 6.64. The second-order valence-corrected chi connectivity index (χ2v) is 22.4. The lowest BCUT2D eigenvalue weighted by Gasteiger charge is -2.32. The van der Waals surface area contributed by atoms with Crippen LogP contribution >= 0.6 is 20.1 Å². The fourth-order valence-corrected chi connectivity index (χ4v) is 14.2. The molecule has 54 heavy (non-hydrogen) atoms. The predicted octanol–water partition coefficient (Wildman–Crippen LogP) is 14.8. The molecule has 0 radical (unpaired) electrons. The summed E-state index contributed by atoms with van der Waals surface area (Å²) in [6.45, 7) is 0. The highest BCUT2D eigenvalue weighted by Crippen LogP contribution is 2.71. The Kier molecular flexibility index (Phi) is 6.72. The zero-order valence-corrected chi connectivity index (χ0v) is 32.4. The minimum atomic E-state index is -1.34. The van der Waals surface area contributed by atoms with Crippen LogP contribution in [0.25, 0.3) is 66.1 Å². The lowest BCUT2D eigenvalue weighted by molar-refractivity contribution is 0.669. The Hall–Kier alpha value is -5.68. The standard InChI is InChI=1S/C50H39NOS2/c1-53(2)44-21-10-8-17-40(44)48-42(19-12-22-45(48)53)51(34-25-23-33(24-26-34)37-18-11-14-32-13-5-6-15-36(32)37)35-27-28-41-47(31-35)54(3,4)46-30-29-39-38-16-7-9-20-43(38)52-50(39)49(41)46/h5-31H,1-4H3. The van der Waals surface area contributed by atoms with E-state index in [0.717, 1.165) is 16.9 Å². The molecule has 3 heterocycles. The Balaban J connectivity index is 1.13. The molecule has 4 heteroatoms. The number of anilines is 3. The minimum absolute atomic E-state index is 0.945. The van der Waals surface area contributed by atoms with Gasteiger partial charge in [0.25, 0.3) is 0 Å². The van der Waals surface area contributed by atoms with Crippen LogP contribution in [0.3, 0.4) is 0 Å². The van der Waals surface area contributed by atoms with Gasteiger partial charge in [-0.15, -0.1) is 0 Å². The number of nitrogens with zero attached hydrogens (tertiary/aromatic N) is 1. The van der Waals surface area contributed by atoms with Crippen LogP contribution in [0, 0.1) is 0 Å². The van der Waals surface area contributed by atoms with Crippen LogP contribution in [0.15, 0.2) is 188 Å². The molecule has 0 spiro atoms. The van der Waals surface area contributed by atoms with Gasteiger partial charge in [0, 0.05) is 52.9 Å². The molecular weight excluding hydrogens is 695 g/mol. The molecule has 9 aromatic rings. The van der Waals surface area contributed by atoms with Gasteiger partial charge in [-0.2, -0.15) is 20.1 Å². The van der Waals surface area contributed by atoms with Crippen molar-refractivity contribution in [2.24, 2.45) is 0 Å². The molecule has 0 saturated carbocycles. The van der Waals surface area contributed by atoms with Gasteiger partial charge in [0.2, 0.25) is 0 Å². The van der Waals surface area contributed by atoms with Gasteiger partial charge in [-0.1, -0.05) is 103 Å². The molecule has 0 bridgehead atoms. The summed E-state index contributed by atoms with van der Waals surface area (Å²) < 4.78 is 6.64. The molecule has 2 nitrogen and oxygen atoms in total. The first-order valence-electron chi connectivity index (χ1n) is 18.5. The van der Waals surface area contributed by atoms with Crippen molar-refractivity contribution in [2.75, 3.05) is 29.9 Å². The second kappa shape index (κ2) is 11.4. The van der Waals surface area contributed by atoms with Crippen LogP contribution in [-0.2, 0) is 0 Å². The van der Waals surface area contributed by atoms with Crippen LogP contribution in [0.5, 0.6) is 0 Å². The summed E-state index contributed by atoms with van der Waals surface area (Å²) in [6, 6.07) is 60.8. The third kappa shape index (κ3) is 4.38. The molecule has 0 atom stereocenters. The van der Waals surface area contributed by atoms with Gasteiger partial charge in [-0.05, 0) is 119 Å². The van der Waals surface area contributed by atoms with Crippen LogP contribution in [0.2, 0.25) is 0 Å². The number of benzene rings is 8. The van der Waals surface area contributed by atoms with Crippen LogP contribution in [-0.4, -0.2) is 25.0 Å². The van der Waals surface area contributed by atoms with E-state index in [0.29, 0.717) is 0 Å². The van der Waals surface area contributed by atoms with Gasteiger partial charge in [0.1, 0.15) is 11.2 Å². The van der Waals surface area contributed by atoms with Crippen molar-refractivity contribution < 1.29 is 4.42 Å². The van der Waals surface area contributed by atoms with Crippen molar-refractivity contribution in [3.8, 4) is 33.4 Å². The van der Waals surface area contributed by atoms with E-state index in [9.17, 15) is 0 Å². The largest absolute Gasteiger partial charge is 0.455 e. The number of furan rings is 1. The summed E-state index contributed by atoms with van der Waals surface area (Å²) in [5.74, 6) is 0. The Labute approximate surface area is 319 Å². The van der Waals surface area contributed by atoms with E-state index < -0.39 is 20.1 Å². The topological polar surface area (TPSA) is 16.4 Å². The molecular formula is C50H39NOS2. The molecule has 0 unspecified atom stereocenters. The molecule has 0 saturated heterocycles. The molecule has 0 amide bonds. The first-order chi connectivity index (χ1) is 26.3. The van der Waals surface area contributed by atoms with Gasteiger partial charge >= 0.3 is 0 Å². The zero-order chi connectivity index (χ0) is 36.3. The second-order valence-electron chi connectivity index (χ2n) is 15.3. The monoisotopic (exact) mass is 733 g/mol. The summed E-state index contributed by atoms with van der Waals surface area (Å²) in [5, 5.41) is 4.89. The number of hydrogen-bond acceptors (Lipinski definition) is 2. The van der Waals surface area contributed by atoms with Crippen LogP contribution in [0.1, 0.15) is 0 Å². The average Bonchev–Trinajstić information content (AvgIpc) is 3.78. The Morgan fingerprint density at radius 2 is 1.06 bits per heavy atom. The fraction of sp³-hybridized carbons (Fsp3) is 0.0800. The van der Waals surface area contributed by atoms with Crippen molar-refractivity contribution >= 4 is 69.8 Å². The smallest absolute Gasteiger partial charge is 0.144 e. The van der Waals surface area contributed by atoms with Crippen molar-refractivity contribution in [1.82, 2.24) is 0 Å². The molecule has 262 valence electrons. The van der Waals surface area contributed by atoms with E-state index in [1.807, 2.05) is 0 Å². The molecule has 2 aliphatic heterocycles. The Bertz CT molecular complexity index is 3000. The van der Waals surface area contributed by atoms with Crippen LogP contribution < -0.4 is 4.90 Å². The van der Waals surface area contributed by atoms with Crippen molar-refractivity contribution in [3.05, 3.63) is 164 Å². The Morgan fingerprint density at radius 3 is 1.93 bits per heavy atom. The summed E-state index contributed by atoms with van der Waals surface area (Å²) in [5.41, 5.74) is 13.2. The van der Waals surface area contributed by atoms with Gasteiger partial charge in [0.05, 0.1) is 5.69 Å². The number of rotatable bonds is 4. The highest BCUT2D eigenvalue weighted by atomic mass is 32.3. The minimum Gasteiger partial charge on any atom is -0.455 e. The quantitative estimate of drug-likeness (QED) is 0.179. The normalized spacial score (nSPS) is 15.8. The number of hydrogen-bond donors (Lipinski definition) is 0. The molecule has 2 aliphatic rings. The van der Waals surface area contributed by atoms with Crippen LogP contribution in [0.4, 0.5) is 17.1 Å². The SMILES string of the molecule is CS1(C)c2ccccc2-c2c(N(c3ccc(-c4cccc5ccccc45)cc3)c3ccc4c(c3)S(C)(C)c3ccc5c(oc6ccccc65)c3-4)cccc21. The number of fused-ring (bicyclic) bond motifs is 11. The Morgan fingerprint density at radius 1 is 0.426 bits per heavy atom. The lowest BCUT2D eigenvalue weighted by atomic mass is 9.97. The van der Waals surface area contributed by atoms with E-state index in [-0.39, 0.29) is 0 Å². The van der Waals surface area contributed by atoms with Gasteiger partial charge in [0.15, 0.2) is 0 Å². The van der Waals surface area contributed by atoms with E-state index in [4.69, 9.17) is 4.42 Å². The molecule has 0 N–H and O–H groups in total. The van der Waals surface area contributed by atoms with Gasteiger partial charge < -0.3 is 9.32 Å². The van der Waals surface area contributed by atoms with E-state index in [2.05, 4.69) is 194 Å². The molecule has 0 fully saturated rings. The maximum Gasteiger partial charge on any atom is 0.144 e.